The fourth-order valence-corrected chi connectivity index (χ4v) is 5.74. The van der Waals surface area contributed by atoms with Gasteiger partial charge < -0.3 is 10.5 Å². The van der Waals surface area contributed by atoms with E-state index in [4.69, 9.17) is 15.6 Å². The van der Waals surface area contributed by atoms with Crippen molar-refractivity contribution in [1.29, 1.82) is 0 Å². The van der Waals surface area contributed by atoms with E-state index in [1.807, 2.05) is 23.2 Å². The molecule has 1 fully saturated rings. The number of allylic oxidation sites excluding steroid dienone is 2. The van der Waals surface area contributed by atoms with E-state index in [2.05, 4.69) is 24.3 Å². The van der Waals surface area contributed by atoms with Crippen molar-refractivity contribution in [3.05, 3.63) is 65.7 Å². The Morgan fingerprint density at radius 1 is 0.943 bits per heavy atom. The van der Waals surface area contributed by atoms with Crippen molar-refractivity contribution in [2.75, 3.05) is 7.11 Å². The second kappa shape index (κ2) is 10.1. The molecule has 0 aromatic heterocycles. The van der Waals surface area contributed by atoms with E-state index in [0.717, 1.165) is 66.7 Å². The SMILES string of the molecule is COc1ccc(C2=NN(C3CCCCCC3)C(=O)[C@@H]3CC=CC[C@H]23)cc1-c1ccc(C(N)=O)cc1. The lowest BCUT2D eigenvalue weighted by Gasteiger charge is -2.40. The topological polar surface area (TPSA) is 85.0 Å². The summed E-state index contributed by atoms with van der Waals surface area (Å²) >= 11 is 0. The molecular formula is C29H33N3O3. The van der Waals surface area contributed by atoms with E-state index >= 15 is 0 Å². The second-order valence-corrected chi connectivity index (χ2v) is 9.83. The average molecular weight is 472 g/mol. The molecule has 6 heteroatoms. The molecule has 5 rings (SSSR count). The molecule has 2 aromatic rings. The van der Waals surface area contributed by atoms with E-state index in [9.17, 15) is 9.59 Å². The number of primary amides is 1. The molecule has 0 bridgehead atoms. The zero-order valence-corrected chi connectivity index (χ0v) is 20.3. The number of hydrogen-bond acceptors (Lipinski definition) is 4. The van der Waals surface area contributed by atoms with E-state index in [-0.39, 0.29) is 23.8 Å². The van der Waals surface area contributed by atoms with Crippen molar-refractivity contribution in [2.24, 2.45) is 22.7 Å². The van der Waals surface area contributed by atoms with Gasteiger partial charge in [-0.3, -0.25) is 9.59 Å². The number of benzene rings is 2. The summed E-state index contributed by atoms with van der Waals surface area (Å²) in [7, 11) is 1.66. The zero-order chi connectivity index (χ0) is 24.4. The number of hydrazone groups is 1. The van der Waals surface area contributed by atoms with Gasteiger partial charge in [0.15, 0.2) is 0 Å². The highest BCUT2D eigenvalue weighted by molar-refractivity contribution is 6.08. The van der Waals surface area contributed by atoms with Crippen LogP contribution >= 0.6 is 0 Å². The van der Waals surface area contributed by atoms with Crippen molar-refractivity contribution in [1.82, 2.24) is 5.01 Å². The standard InChI is InChI=1S/C29H33N3O3/c1-35-26-17-16-21(18-25(26)19-12-14-20(15-13-19)28(30)33)27-23-10-6-7-11-24(23)29(34)32(31-27)22-8-4-2-3-5-9-22/h6-7,12-18,22-24H,2-5,8-11H2,1H3,(H2,30,33)/t23-,24+/m0/s1. The molecule has 2 aromatic carbocycles. The third-order valence-electron chi connectivity index (χ3n) is 7.69. The summed E-state index contributed by atoms with van der Waals surface area (Å²) in [5.41, 5.74) is 9.74. The van der Waals surface area contributed by atoms with Crippen molar-refractivity contribution in [2.45, 2.75) is 57.4 Å². The number of nitrogens with two attached hydrogens (primary N) is 1. The normalized spacial score (nSPS) is 22.8. The highest BCUT2D eigenvalue weighted by Gasteiger charge is 2.42. The van der Waals surface area contributed by atoms with Crippen LogP contribution in [0.1, 0.15) is 67.3 Å². The summed E-state index contributed by atoms with van der Waals surface area (Å²) in [6.45, 7) is 0. The summed E-state index contributed by atoms with van der Waals surface area (Å²) in [5, 5.41) is 6.91. The van der Waals surface area contributed by atoms with Gasteiger partial charge in [0.05, 0.1) is 24.8 Å². The first-order valence-corrected chi connectivity index (χ1v) is 12.7. The molecule has 0 saturated heterocycles. The van der Waals surface area contributed by atoms with E-state index in [1.165, 1.54) is 12.8 Å². The molecule has 6 nitrogen and oxygen atoms in total. The largest absolute Gasteiger partial charge is 0.496 e. The van der Waals surface area contributed by atoms with Crippen LogP contribution in [-0.4, -0.2) is 35.7 Å². The molecule has 1 heterocycles. The van der Waals surface area contributed by atoms with Crippen LogP contribution in [0.15, 0.2) is 59.7 Å². The maximum Gasteiger partial charge on any atom is 0.248 e. The number of methoxy groups -OCH3 is 1. The summed E-state index contributed by atoms with van der Waals surface area (Å²) in [5.74, 6) is 0.497. The molecule has 35 heavy (non-hydrogen) atoms. The van der Waals surface area contributed by atoms with Crippen molar-refractivity contribution in [3.8, 4) is 16.9 Å². The van der Waals surface area contributed by atoms with E-state index < -0.39 is 5.91 Å². The minimum absolute atomic E-state index is 0.0591. The third-order valence-corrected chi connectivity index (χ3v) is 7.69. The van der Waals surface area contributed by atoms with Crippen LogP contribution in [0.4, 0.5) is 0 Å². The Labute approximate surface area is 206 Å². The highest BCUT2D eigenvalue weighted by atomic mass is 16.5. The molecule has 1 saturated carbocycles. The zero-order valence-electron chi connectivity index (χ0n) is 20.3. The Bertz CT molecular complexity index is 1160. The van der Waals surface area contributed by atoms with Gasteiger partial charge in [0.25, 0.3) is 0 Å². The number of nitrogens with zero attached hydrogens (tertiary/aromatic N) is 2. The van der Waals surface area contributed by atoms with Crippen molar-refractivity contribution >= 4 is 17.5 Å². The van der Waals surface area contributed by atoms with Gasteiger partial charge in [-0.25, -0.2) is 5.01 Å². The van der Waals surface area contributed by atoms with Crippen LogP contribution in [0.2, 0.25) is 0 Å². The van der Waals surface area contributed by atoms with Crippen molar-refractivity contribution in [3.63, 3.8) is 0 Å². The van der Waals surface area contributed by atoms with Gasteiger partial charge >= 0.3 is 0 Å². The Morgan fingerprint density at radius 2 is 1.60 bits per heavy atom. The average Bonchev–Trinajstić information content (AvgIpc) is 3.18. The van der Waals surface area contributed by atoms with Gasteiger partial charge in [-0.05, 0) is 67.1 Å². The van der Waals surface area contributed by atoms with E-state index in [0.29, 0.717) is 5.56 Å². The molecule has 182 valence electrons. The predicted octanol–water partition coefficient (Wildman–Crippen LogP) is 5.31. The summed E-state index contributed by atoms with van der Waals surface area (Å²) in [6.07, 6.45) is 12.7. The summed E-state index contributed by atoms with van der Waals surface area (Å²) in [6, 6.07) is 13.5. The molecule has 2 aliphatic carbocycles. The molecule has 1 aliphatic heterocycles. The smallest absolute Gasteiger partial charge is 0.248 e. The van der Waals surface area contributed by atoms with Gasteiger partial charge in [-0.15, -0.1) is 0 Å². The number of amides is 2. The second-order valence-electron chi connectivity index (χ2n) is 9.83. The van der Waals surface area contributed by atoms with Gasteiger partial charge in [-0.2, -0.15) is 5.10 Å². The Balaban J connectivity index is 1.57. The van der Waals surface area contributed by atoms with Gasteiger partial charge in [0.1, 0.15) is 5.75 Å². The first-order valence-electron chi connectivity index (χ1n) is 12.7. The maximum atomic E-state index is 13.6. The van der Waals surface area contributed by atoms with Gasteiger partial charge in [-0.1, -0.05) is 50.0 Å². The fraction of sp³-hybridized carbons (Fsp3) is 0.414. The van der Waals surface area contributed by atoms with Crippen LogP contribution in [0.3, 0.4) is 0 Å². The number of rotatable bonds is 5. The lowest BCUT2D eigenvalue weighted by Crippen LogP contribution is -2.49. The third kappa shape index (κ3) is 4.62. The Hall–Kier alpha value is -3.41. The van der Waals surface area contributed by atoms with Gasteiger partial charge in [0, 0.05) is 17.0 Å². The minimum atomic E-state index is -0.450. The molecule has 0 spiro atoms. The van der Waals surface area contributed by atoms with Crippen LogP contribution in [0, 0.1) is 11.8 Å². The number of carbonyl (C=O) groups excluding carboxylic acids is 2. The number of fused-ring (bicyclic) bond motifs is 1. The molecule has 2 amide bonds. The Morgan fingerprint density at radius 3 is 2.26 bits per heavy atom. The maximum absolute atomic E-state index is 13.6. The molecule has 2 N–H and O–H groups in total. The summed E-state index contributed by atoms with van der Waals surface area (Å²) in [4.78, 5) is 25.1. The quantitative estimate of drug-likeness (QED) is 0.474. The van der Waals surface area contributed by atoms with Crippen LogP contribution in [0.5, 0.6) is 5.75 Å². The molecule has 3 aliphatic rings. The summed E-state index contributed by atoms with van der Waals surface area (Å²) < 4.78 is 5.67. The number of carbonyl (C=O) groups is 2. The number of ether oxygens (including phenoxy) is 1. The van der Waals surface area contributed by atoms with E-state index in [1.54, 1.807) is 19.2 Å². The van der Waals surface area contributed by atoms with Crippen LogP contribution in [-0.2, 0) is 4.79 Å². The minimum Gasteiger partial charge on any atom is -0.496 e. The van der Waals surface area contributed by atoms with Crippen LogP contribution in [0.25, 0.3) is 11.1 Å². The molecular weight excluding hydrogens is 438 g/mol. The fourth-order valence-electron chi connectivity index (χ4n) is 5.74. The first kappa shape index (κ1) is 23.3. The lowest BCUT2D eigenvalue weighted by atomic mass is 9.76. The monoisotopic (exact) mass is 471 g/mol. The lowest BCUT2D eigenvalue weighted by molar-refractivity contribution is -0.140. The van der Waals surface area contributed by atoms with Crippen LogP contribution < -0.4 is 10.5 Å². The predicted molar refractivity (Wildman–Crippen MR) is 137 cm³/mol. The van der Waals surface area contributed by atoms with Gasteiger partial charge in [0.2, 0.25) is 11.8 Å². The molecule has 0 unspecified atom stereocenters. The first-order chi connectivity index (χ1) is 17.1. The molecule has 2 atom stereocenters. The molecule has 0 radical (unpaired) electrons. The highest BCUT2D eigenvalue weighted by Crippen LogP contribution is 2.39. The Kier molecular flexibility index (Phi) is 6.71. The van der Waals surface area contributed by atoms with Crippen molar-refractivity contribution < 1.29 is 14.3 Å². The number of hydrogen-bond donors (Lipinski definition) is 1.